The predicted octanol–water partition coefficient (Wildman–Crippen LogP) is 2.52. The van der Waals surface area contributed by atoms with Crippen LogP contribution in [0.15, 0.2) is 42.6 Å². The number of carbonyl (C=O) groups is 1. The van der Waals surface area contributed by atoms with E-state index in [1.807, 2.05) is 38.4 Å². The fourth-order valence-corrected chi connectivity index (χ4v) is 2.19. The van der Waals surface area contributed by atoms with Gasteiger partial charge in [-0.15, -0.1) is 0 Å². The molecule has 0 saturated heterocycles. The van der Waals surface area contributed by atoms with E-state index < -0.39 is 0 Å². The van der Waals surface area contributed by atoms with E-state index in [9.17, 15) is 4.79 Å². The molecule has 0 aliphatic heterocycles. The first kappa shape index (κ1) is 17.7. The summed E-state index contributed by atoms with van der Waals surface area (Å²) in [5.41, 5.74) is 1.44. The molecular weight excluding hydrogens is 304 g/mol. The molecule has 0 fully saturated rings. The zero-order chi connectivity index (χ0) is 17.4. The number of methoxy groups -OCH3 is 1. The third kappa shape index (κ3) is 5.55. The van der Waals surface area contributed by atoms with Gasteiger partial charge in [0, 0.05) is 30.1 Å². The second-order valence-corrected chi connectivity index (χ2v) is 5.70. The number of ether oxygens (including phenoxy) is 1. The summed E-state index contributed by atoms with van der Waals surface area (Å²) < 4.78 is 5.20. The van der Waals surface area contributed by atoms with Gasteiger partial charge in [-0.1, -0.05) is 6.07 Å². The largest absolute Gasteiger partial charge is 0.497 e. The van der Waals surface area contributed by atoms with Crippen LogP contribution < -0.4 is 15.4 Å². The molecule has 0 radical (unpaired) electrons. The van der Waals surface area contributed by atoms with Crippen LogP contribution in [0.25, 0.3) is 0 Å². The Hall–Kier alpha value is -2.60. The van der Waals surface area contributed by atoms with Gasteiger partial charge >= 0.3 is 0 Å². The predicted molar refractivity (Wildman–Crippen MR) is 96.0 cm³/mol. The maximum atomic E-state index is 12.2. The van der Waals surface area contributed by atoms with E-state index in [1.54, 1.807) is 25.4 Å². The molecule has 2 aromatic rings. The molecule has 1 aromatic carbocycles. The minimum absolute atomic E-state index is 0.0927. The van der Waals surface area contributed by atoms with Crippen molar-refractivity contribution >= 4 is 17.4 Å². The molecule has 6 nitrogen and oxygen atoms in total. The molecule has 0 saturated carbocycles. The van der Waals surface area contributed by atoms with Crippen molar-refractivity contribution in [2.24, 2.45) is 0 Å². The zero-order valence-electron chi connectivity index (χ0n) is 14.4. The average molecular weight is 328 g/mol. The zero-order valence-corrected chi connectivity index (χ0v) is 14.4. The Morgan fingerprint density at radius 1 is 1.25 bits per heavy atom. The van der Waals surface area contributed by atoms with Crippen LogP contribution in [0, 0.1) is 0 Å². The van der Waals surface area contributed by atoms with Crippen molar-refractivity contribution in [3.05, 3.63) is 48.2 Å². The summed E-state index contributed by atoms with van der Waals surface area (Å²) in [4.78, 5) is 18.5. The topological polar surface area (TPSA) is 66.5 Å². The van der Waals surface area contributed by atoms with Gasteiger partial charge < -0.3 is 20.3 Å². The molecule has 2 N–H and O–H groups in total. The number of amides is 1. The SMILES string of the molecule is COc1cccc(Nc2cc(C(=O)NCCCN(C)C)ccn2)c1. The smallest absolute Gasteiger partial charge is 0.251 e. The van der Waals surface area contributed by atoms with Crippen LogP contribution in [0.2, 0.25) is 0 Å². The maximum absolute atomic E-state index is 12.2. The van der Waals surface area contributed by atoms with Crippen molar-refractivity contribution in [2.75, 3.05) is 39.6 Å². The highest BCUT2D eigenvalue weighted by molar-refractivity contribution is 5.94. The van der Waals surface area contributed by atoms with Crippen molar-refractivity contribution in [1.82, 2.24) is 15.2 Å². The van der Waals surface area contributed by atoms with E-state index in [2.05, 4.69) is 20.5 Å². The molecule has 128 valence electrons. The average Bonchev–Trinajstić information content (AvgIpc) is 2.58. The monoisotopic (exact) mass is 328 g/mol. The molecule has 2 rings (SSSR count). The number of nitrogens with zero attached hydrogens (tertiary/aromatic N) is 2. The van der Waals surface area contributed by atoms with Crippen LogP contribution in [0.3, 0.4) is 0 Å². The minimum Gasteiger partial charge on any atom is -0.497 e. The van der Waals surface area contributed by atoms with Crippen LogP contribution in [0.4, 0.5) is 11.5 Å². The van der Waals surface area contributed by atoms with Crippen LogP contribution in [0.1, 0.15) is 16.8 Å². The molecule has 0 spiro atoms. The van der Waals surface area contributed by atoms with Gasteiger partial charge in [0.2, 0.25) is 0 Å². The van der Waals surface area contributed by atoms with Crippen LogP contribution in [-0.2, 0) is 0 Å². The molecule has 0 aliphatic carbocycles. The summed E-state index contributed by atoms with van der Waals surface area (Å²) in [5.74, 6) is 1.28. The van der Waals surface area contributed by atoms with Gasteiger partial charge in [-0.25, -0.2) is 4.98 Å². The minimum atomic E-state index is -0.0927. The van der Waals surface area contributed by atoms with Crippen molar-refractivity contribution < 1.29 is 9.53 Å². The first-order valence-corrected chi connectivity index (χ1v) is 7.88. The standard InChI is InChI=1S/C18H24N4O2/c1-22(2)11-5-9-20-18(23)14-8-10-19-17(12-14)21-15-6-4-7-16(13-15)24-3/h4,6-8,10,12-13H,5,9,11H2,1-3H3,(H,19,21)(H,20,23). The van der Waals surface area contributed by atoms with Gasteiger partial charge in [0.25, 0.3) is 5.91 Å². The van der Waals surface area contributed by atoms with E-state index in [-0.39, 0.29) is 5.91 Å². The molecule has 1 heterocycles. The highest BCUT2D eigenvalue weighted by Gasteiger charge is 2.07. The van der Waals surface area contributed by atoms with Gasteiger partial charge in [0.1, 0.15) is 11.6 Å². The summed E-state index contributed by atoms with van der Waals surface area (Å²) in [6.45, 7) is 1.59. The lowest BCUT2D eigenvalue weighted by atomic mass is 10.2. The number of pyridine rings is 1. The van der Waals surface area contributed by atoms with E-state index in [0.717, 1.165) is 24.4 Å². The van der Waals surface area contributed by atoms with Crippen LogP contribution >= 0.6 is 0 Å². The summed E-state index contributed by atoms with van der Waals surface area (Å²) in [7, 11) is 5.65. The molecular formula is C18H24N4O2. The highest BCUT2D eigenvalue weighted by atomic mass is 16.5. The molecule has 0 bridgehead atoms. The van der Waals surface area contributed by atoms with Crippen molar-refractivity contribution in [1.29, 1.82) is 0 Å². The summed E-state index contributed by atoms with van der Waals surface area (Å²) in [6.07, 6.45) is 2.54. The first-order chi connectivity index (χ1) is 11.6. The molecule has 0 aliphatic rings. The van der Waals surface area contributed by atoms with E-state index in [1.165, 1.54) is 0 Å². The lowest BCUT2D eigenvalue weighted by Gasteiger charge is -2.11. The van der Waals surface area contributed by atoms with E-state index >= 15 is 0 Å². The van der Waals surface area contributed by atoms with Crippen molar-refractivity contribution in [2.45, 2.75) is 6.42 Å². The summed E-state index contributed by atoms with van der Waals surface area (Å²) in [6, 6.07) is 11.0. The lowest BCUT2D eigenvalue weighted by molar-refractivity contribution is 0.0952. The molecule has 1 amide bonds. The van der Waals surface area contributed by atoms with Gasteiger partial charge in [-0.3, -0.25) is 4.79 Å². The summed E-state index contributed by atoms with van der Waals surface area (Å²) in [5, 5.41) is 6.10. The van der Waals surface area contributed by atoms with Gasteiger partial charge in [-0.2, -0.15) is 0 Å². The second-order valence-electron chi connectivity index (χ2n) is 5.70. The Labute approximate surface area is 142 Å². The number of rotatable bonds is 8. The number of carbonyl (C=O) groups excluding carboxylic acids is 1. The fourth-order valence-electron chi connectivity index (χ4n) is 2.19. The number of aromatic nitrogens is 1. The second kappa shape index (κ2) is 8.88. The Kier molecular flexibility index (Phi) is 6.57. The molecule has 0 unspecified atom stereocenters. The Bertz CT molecular complexity index is 674. The van der Waals surface area contributed by atoms with Crippen molar-refractivity contribution in [3.8, 4) is 5.75 Å². The van der Waals surface area contributed by atoms with Gasteiger partial charge in [-0.05, 0) is 51.3 Å². The number of hydrogen-bond donors (Lipinski definition) is 2. The molecule has 24 heavy (non-hydrogen) atoms. The first-order valence-electron chi connectivity index (χ1n) is 7.88. The Morgan fingerprint density at radius 2 is 2.08 bits per heavy atom. The summed E-state index contributed by atoms with van der Waals surface area (Å²) >= 11 is 0. The number of benzene rings is 1. The number of hydrogen-bond acceptors (Lipinski definition) is 5. The van der Waals surface area contributed by atoms with Gasteiger partial charge in [0.15, 0.2) is 0 Å². The fraction of sp³-hybridized carbons (Fsp3) is 0.333. The third-order valence-electron chi connectivity index (χ3n) is 3.43. The highest BCUT2D eigenvalue weighted by Crippen LogP contribution is 2.20. The molecule has 6 heteroatoms. The third-order valence-corrected chi connectivity index (χ3v) is 3.43. The quantitative estimate of drug-likeness (QED) is 0.729. The van der Waals surface area contributed by atoms with E-state index in [0.29, 0.717) is 17.9 Å². The van der Waals surface area contributed by atoms with Gasteiger partial charge in [0.05, 0.1) is 7.11 Å². The van der Waals surface area contributed by atoms with Crippen molar-refractivity contribution in [3.63, 3.8) is 0 Å². The lowest BCUT2D eigenvalue weighted by Crippen LogP contribution is -2.27. The van der Waals surface area contributed by atoms with Crippen LogP contribution in [0.5, 0.6) is 5.75 Å². The maximum Gasteiger partial charge on any atom is 0.251 e. The number of anilines is 2. The molecule has 0 atom stereocenters. The Balaban J connectivity index is 1.96. The number of nitrogens with one attached hydrogen (secondary N) is 2. The Morgan fingerprint density at radius 3 is 2.83 bits per heavy atom. The van der Waals surface area contributed by atoms with E-state index in [4.69, 9.17) is 4.74 Å². The van der Waals surface area contributed by atoms with Crippen LogP contribution in [-0.4, -0.2) is 50.1 Å². The normalized spacial score (nSPS) is 10.5. The molecule has 1 aromatic heterocycles.